The van der Waals surface area contributed by atoms with Crippen molar-refractivity contribution < 1.29 is 70.8 Å². The van der Waals surface area contributed by atoms with Crippen molar-refractivity contribution in [3.05, 3.63) is 81.7 Å². The van der Waals surface area contributed by atoms with Gasteiger partial charge in [-0.15, -0.1) is 0 Å². The lowest BCUT2D eigenvalue weighted by Crippen LogP contribution is -2.59. The average Bonchev–Trinajstić information content (AvgIpc) is 3.75. The van der Waals surface area contributed by atoms with Crippen molar-refractivity contribution >= 4 is 62.5 Å². The number of benzene rings is 3. The van der Waals surface area contributed by atoms with Crippen LogP contribution < -0.4 is 31.9 Å². The van der Waals surface area contributed by atoms with Crippen LogP contribution in [0.5, 0.6) is 17.2 Å². The number of hydrogen-bond acceptors (Lipinski definition) is 14. The van der Waals surface area contributed by atoms with Gasteiger partial charge >= 0.3 is 12.2 Å². The third kappa shape index (κ3) is 15.8. The molecule has 20 nitrogen and oxygen atoms in total. The van der Waals surface area contributed by atoms with Crippen LogP contribution in [0.2, 0.25) is 0 Å². The molecule has 1 atom stereocenters. The molecule has 0 saturated heterocycles. The van der Waals surface area contributed by atoms with Crippen molar-refractivity contribution in [1.29, 1.82) is 0 Å². The van der Waals surface area contributed by atoms with E-state index < -0.39 is 57.3 Å². The zero-order valence-electron chi connectivity index (χ0n) is 34.0. The summed E-state index contributed by atoms with van der Waals surface area (Å²) in [5.41, 5.74) is 5.97. The van der Waals surface area contributed by atoms with E-state index in [1.807, 2.05) is 22.6 Å². The first-order chi connectivity index (χ1) is 30.1. The van der Waals surface area contributed by atoms with Crippen LogP contribution in [0, 0.1) is 9.39 Å². The molecule has 3 aromatic rings. The Morgan fingerprint density at radius 1 is 0.825 bits per heavy atom. The second-order valence-electron chi connectivity index (χ2n) is 13.9. The lowest BCUT2D eigenvalue weighted by molar-refractivity contribution is -0.139. The smallest absolute Gasteiger partial charge is 0.416 e. The SMILES string of the molecule is NC(=O)C(Cc1ccc(O)c(I)c1)NC(=O)OC(=O)NCCOCCOCCOCCNC(=O)CCN(C1(C(=O)NO)CCCC1)S(=O)(=O)c1ccc(Oc2ccc(F)cc2)cc1. The molecule has 63 heavy (non-hydrogen) atoms. The largest absolute Gasteiger partial charge is 0.507 e. The number of ether oxygens (including phenoxy) is 5. The van der Waals surface area contributed by atoms with Crippen molar-refractivity contribution in [3.8, 4) is 17.2 Å². The number of sulfonamides is 1. The van der Waals surface area contributed by atoms with Crippen LogP contribution in [0.1, 0.15) is 37.7 Å². The Kier molecular flexibility index (Phi) is 20.2. The molecule has 0 bridgehead atoms. The summed E-state index contributed by atoms with van der Waals surface area (Å²) in [6.07, 6.45) is -1.21. The van der Waals surface area contributed by atoms with Crippen LogP contribution in [0.25, 0.3) is 0 Å². The van der Waals surface area contributed by atoms with Gasteiger partial charge in [0, 0.05) is 32.5 Å². The number of alkyl carbamates (subject to hydrolysis) is 2. The maximum atomic E-state index is 14.1. The van der Waals surface area contributed by atoms with E-state index in [0.29, 0.717) is 27.7 Å². The van der Waals surface area contributed by atoms with Crippen molar-refractivity contribution in [2.75, 3.05) is 59.3 Å². The predicted octanol–water partition coefficient (Wildman–Crippen LogP) is 2.83. The quantitative estimate of drug-likeness (QED) is 0.0211. The molecule has 0 radical (unpaired) electrons. The van der Waals surface area contributed by atoms with Crippen molar-refractivity contribution in [2.24, 2.45) is 5.73 Å². The standard InChI is InChI=1S/C40H50FIN6O14S/c41-28-4-6-29(7-5-28)61-30-8-10-31(11-9-30)63(56,57)48(40(37(52)47-55)14-1-2-15-40)18-13-35(50)44-16-19-58-21-23-60-24-22-59-20-17-45-38(53)62-39(54)46-33(36(43)51)26-27-3-12-34(49)32(42)25-27/h3-12,25,33,49,55H,1-2,13-24,26H2,(H2,43,51)(H,44,50)(H,45,53)(H,46,54)(H,47,52). The molecule has 0 aliphatic heterocycles. The van der Waals surface area contributed by atoms with Crippen LogP contribution in [-0.4, -0.2) is 124 Å². The number of primary amides is 1. The Hall–Kier alpha value is -5.18. The van der Waals surface area contributed by atoms with Crippen LogP contribution in [0.3, 0.4) is 0 Å². The fraction of sp³-hybridized carbons (Fsp3) is 0.425. The maximum absolute atomic E-state index is 14.1. The number of hydroxylamine groups is 1. The molecule has 8 N–H and O–H groups in total. The summed E-state index contributed by atoms with van der Waals surface area (Å²) >= 11 is 1.91. The zero-order valence-corrected chi connectivity index (χ0v) is 37.0. The highest BCUT2D eigenvalue weighted by Crippen LogP contribution is 2.39. The van der Waals surface area contributed by atoms with E-state index >= 15 is 0 Å². The second-order valence-corrected chi connectivity index (χ2v) is 16.9. The lowest BCUT2D eigenvalue weighted by Gasteiger charge is -2.38. The first-order valence-electron chi connectivity index (χ1n) is 19.7. The number of nitrogens with two attached hydrogens (primary N) is 1. The van der Waals surface area contributed by atoms with E-state index in [1.54, 1.807) is 17.6 Å². The minimum absolute atomic E-state index is 0.00352. The Morgan fingerprint density at radius 2 is 1.40 bits per heavy atom. The van der Waals surface area contributed by atoms with Crippen LogP contribution in [0.4, 0.5) is 14.0 Å². The number of carbonyl (C=O) groups excluding carboxylic acids is 5. The molecule has 3 aromatic carbocycles. The molecule has 1 aliphatic carbocycles. The molecule has 0 spiro atoms. The molecule has 1 saturated carbocycles. The van der Waals surface area contributed by atoms with Gasteiger partial charge in [0.25, 0.3) is 5.91 Å². The molecular formula is C40H50FIN6O14S. The summed E-state index contributed by atoms with van der Waals surface area (Å²) in [6, 6.07) is 14.2. The number of halogens is 2. The first kappa shape index (κ1) is 50.5. The molecule has 0 heterocycles. The summed E-state index contributed by atoms with van der Waals surface area (Å²) in [4.78, 5) is 61.6. The van der Waals surface area contributed by atoms with Gasteiger partial charge in [0.1, 0.15) is 34.6 Å². The highest BCUT2D eigenvalue weighted by molar-refractivity contribution is 14.1. The highest BCUT2D eigenvalue weighted by Gasteiger charge is 2.51. The Bertz CT molecular complexity index is 2110. The summed E-state index contributed by atoms with van der Waals surface area (Å²) < 4.78 is 69.4. The first-order valence-corrected chi connectivity index (χ1v) is 22.2. The van der Waals surface area contributed by atoms with Gasteiger partial charge in [-0.25, -0.2) is 27.9 Å². The third-order valence-electron chi connectivity index (χ3n) is 9.54. The fourth-order valence-electron chi connectivity index (χ4n) is 6.41. The van der Waals surface area contributed by atoms with E-state index in [-0.39, 0.29) is 101 Å². The Balaban J connectivity index is 1.09. The lowest BCUT2D eigenvalue weighted by atomic mass is 9.96. The van der Waals surface area contributed by atoms with Gasteiger partial charge in [-0.3, -0.25) is 19.6 Å². The number of aromatic hydroxyl groups is 1. The maximum Gasteiger partial charge on any atom is 0.416 e. The van der Waals surface area contributed by atoms with Crippen molar-refractivity contribution in [2.45, 2.75) is 55.0 Å². The number of nitrogens with zero attached hydrogens (tertiary/aromatic N) is 1. The molecule has 1 fully saturated rings. The van der Waals surface area contributed by atoms with Gasteiger partial charge in [-0.05, 0) is 102 Å². The highest BCUT2D eigenvalue weighted by atomic mass is 127. The molecule has 5 amide bonds. The molecule has 1 unspecified atom stereocenters. The number of amides is 5. The number of nitrogens with one attached hydrogen (secondary N) is 4. The van der Waals surface area contributed by atoms with E-state index in [4.69, 9.17) is 24.7 Å². The summed E-state index contributed by atoms with van der Waals surface area (Å²) in [6.45, 7) is 0.716. The third-order valence-corrected chi connectivity index (χ3v) is 12.4. The molecule has 0 aromatic heterocycles. The van der Waals surface area contributed by atoms with Gasteiger partial charge in [0.2, 0.25) is 21.8 Å². The normalized spacial score (nSPS) is 13.8. The van der Waals surface area contributed by atoms with E-state index in [1.165, 1.54) is 54.6 Å². The number of rotatable bonds is 25. The average molecular weight is 1020 g/mol. The molecule has 344 valence electrons. The minimum atomic E-state index is -4.38. The molecular weight excluding hydrogens is 966 g/mol. The second kappa shape index (κ2) is 25.2. The van der Waals surface area contributed by atoms with Crippen LogP contribution in [-0.2, 0) is 49.8 Å². The zero-order chi connectivity index (χ0) is 45.8. The Labute approximate surface area is 376 Å². The molecule has 1 aliphatic rings. The number of phenols is 1. The monoisotopic (exact) mass is 1020 g/mol. The topological polar surface area (TPSA) is 283 Å². The van der Waals surface area contributed by atoms with Crippen LogP contribution in [0.15, 0.2) is 71.6 Å². The molecule has 23 heteroatoms. The van der Waals surface area contributed by atoms with Crippen molar-refractivity contribution in [3.63, 3.8) is 0 Å². The van der Waals surface area contributed by atoms with Crippen molar-refractivity contribution in [1.82, 2.24) is 25.7 Å². The van der Waals surface area contributed by atoms with E-state index in [2.05, 4.69) is 20.7 Å². The minimum Gasteiger partial charge on any atom is -0.507 e. The van der Waals surface area contributed by atoms with E-state index in [9.17, 15) is 47.1 Å². The van der Waals surface area contributed by atoms with Gasteiger partial charge in [-0.2, -0.15) is 4.31 Å². The number of carbonyl (C=O) groups is 5. The summed E-state index contributed by atoms with van der Waals surface area (Å²) in [5, 5.41) is 26.5. The van der Waals surface area contributed by atoms with Gasteiger partial charge < -0.3 is 50.5 Å². The van der Waals surface area contributed by atoms with Gasteiger partial charge in [0.05, 0.1) is 48.1 Å². The van der Waals surface area contributed by atoms with E-state index in [0.717, 1.165) is 4.31 Å². The van der Waals surface area contributed by atoms with Gasteiger partial charge in [-0.1, -0.05) is 18.9 Å². The number of hydrogen-bond donors (Lipinski definition) is 7. The summed E-state index contributed by atoms with van der Waals surface area (Å²) in [5.74, 6) is -2.00. The predicted molar refractivity (Wildman–Crippen MR) is 229 cm³/mol. The molecule has 4 rings (SSSR count). The van der Waals surface area contributed by atoms with Crippen LogP contribution >= 0.6 is 22.6 Å². The van der Waals surface area contributed by atoms with Gasteiger partial charge in [0.15, 0.2) is 0 Å². The number of phenolic OH excluding ortho intramolecular Hbond substituents is 1. The fourth-order valence-corrected chi connectivity index (χ4v) is 8.78. The summed E-state index contributed by atoms with van der Waals surface area (Å²) in [7, 11) is -4.38. The Morgan fingerprint density at radius 3 is 1.97 bits per heavy atom.